The van der Waals surface area contributed by atoms with Crippen LogP contribution >= 0.6 is 0 Å². The first-order valence-corrected chi connectivity index (χ1v) is 9.00. The summed E-state index contributed by atoms with van der Waals surface area (Å²) in [5, 5.41) is 5.32. The molecule has 0 radical (unpaired) electrons. The third kappa shape index (κ3) is 3.89. The summed E-state index contributed by atoms with van der Waals surface area (Å²) < 4.78 is 0. The van der Waals surface area contributed by atoms with E-state index in [1.165, 1.54) is 7.05 Å². The summed E-state index contributed by atoms with van der Waals surface area (Å²) in [6.45, 7) is 7.75. The topological polar surface area (TPSA) is 78.5 Å². The van der Waals surface area contributed by atoms with Gasteiger partial charge in [0.05, 0.1) is 0 Å². The fourth-order valence-electron chi connectivity index (χ4n) is 3.24. The average molecular weight is 359 g/mol. The number of hydrogen-bond acceptors (Lipinski definition) is 3. The number of carbonyl (C=O) groups excluding carboxylic acids is 3. The number of benzene rings is 1. The molecule has 0 aliphatic carbocycles. The highest BCUT2D eigenvalue weighted by Gasteiger charge is 2.55. The Morgan fingerprint density at radius 1 is 1.19 bits per heavy atom. The quantitative estimate of drug-likeness (QED) is 0.836. The molecule has 2 N–H and O–H groups in total. The smallest absolute Gasteiger partial charge is 0.247 e. The molecular formula is C20H29N3O3. The fraction of sp³-hybridized carbons (Fsp3) is 0.550. The number of nitrogens with zero attached hydrogens (tertiary/aromatic N) is 1. The van der Waals surface area contributed by atoms with Gasteiger partial charge in [-0.2, -0.15) is 0 Å². The van der Waals surface area contributed by atoms with Crippen LogP contribution in [0.2, 0.25) is 0 Å². The van der Waals surface area contributed by atoms with Gasteiger partial charge in [0.1, 0.15) is 11.6 Å². The van der Waals surface area contributed by atoms with Crippen molar-refractivity contribution in [3.05, 3.63) is 35.9 Å². The lowest BCUT2D eigenvalue weighted by molar-refractivity contribution is -0.165. The summed E-state index contributed by atoms with van der Waals surface area (Å²) in [6.07, 6.45) is 1.01. The summed E-state index contributed by atoms with van der Waals surface area (Å²) in [5.74, 6) is -0.593. The van der Waals surface area contributed by atoms with Crippen LogP contribution in [0, 0.1) is 5.41 Å². The van der Waals surface area contributed by atoms with Gasteiger partial charge >= 0.3 is 0 Å². The van der Waals surface area contributed by atoms with Gasteiger partial charge in [-0.25, -0.2) is 0 Å². The second kappa shape index (κ2) is 7.48. The molecule has 1 fully saturated rings. The fourth-order valence-corrected chi connectivity index (χ4v) is 3.24. The van der Waals surface area contributed by atoms with Crippen LogP contribution in [-0.4, -0.2) is 47.8 Å². The first-order valence-electron chi connectivity index (χ1n) is 9.00. The molecule has 0 spiro atoms. The van der Waals surface area contributed by atoms with E-state index in [4.69, 9.17) is 0 Å². The zero-order valence-corrected chi connectivity index (χ0v) is 16.3. The molecule has 1 saturated heterocycles. The Morgan fingerprint density at radius 3 is 2.27 bits per heavy atom. The maximum absolute atomic E-state index is 13.1. The van der Waals surface area contributed by atoms with E-state index in [0.717, 1.165) is 5.56 Å². The third-order valence-corrected chi connectivity index (χ3v) is 4.90. The number of hydrogen-bond donors (Lipinski definition) is 2. The number of amides is 3. The summed E-state index contributed by atoms with van der Waals surface area (Å²) >= 11 is 0. The molecule has 26 heavy (non-hydrogen) atoms. The molecule has 142 valence electrons. The van der Waals surface area contributed by atoms with Crippen LogP contribution in [0.3, 0.4) is 0 Å². The highest BCUT2D eigenvalue weighted by molar-refractivity contribution is 5.97. The van der Waals surface area contributed by atoms with E-state index in [1.807, 2.05) is 51.1 Å². The molecule has 1 aliphatic rings. The third-order valence-electron chi connectivity index (χ3n) is 4.90. The molecular weight excluding hydrogens is 330 g/mol. The van der Waals surface area contributed by atoms with Gasteiger partial charge in [-0.05, 0) is 18.9 Å². The zero-order chi connectivity index (χ0) is 19.5. The Hall–Kier alpha value is -2.37. The Balaban J connectivity index is 2.32. The molecule has 0 saturated carbocycles. The molecule has 1 aliphatic heterocycles. The molecule has 6 heteroatoms. The second-order valence-electron chi connectivity index (χ2n) is 7.96. The van der Waals surface area contributed by atoms with Crippen LogP contribution in [-0.2, 0) is 20.8 Å². The van der Waals surface area contributed by atoms with Crippen molar-refractivity contribution in [2.75, 3.05) is 13.6 Å². The largest absolute Gasteiger partial charge is 0.357 e. The molecule has 0 aromatic heterocycles. The summed E-state index contributed by atoms with van der Waals surface area (Å²) in [7, 11) is 1.53. The van der Waals surface area contributed by atoms with Gasteiger partial charge in [0.25, 0.3) is 0 Å². The highest BCUT2D eigenvalue weighted by Crippen LogP contribution is 2.38. The van der Waals surface area contributed by atoms with Gasteiger partial charge in [0.15, 0.2) is 0 Å². The van der Waals surface area contributed by atoms with Gasteiger partial charge in [0, 0.05) is 25.4 Å². The van der Waals surface area contributed by atoms with Crippen molar-refractivity contribution >= 4 is 17.7 Å². The molecule has 1 heterocycles. The van der Waals surface area contributed by atoms with Crippen molar-refractivity contribution in [1.29, 1.82) is 0 Å². The van der Waals surface area contributed by atoms with Crippen LogP contribution in [0.5, 0.6) is 0 Å². The van der Waals surface area contributed by atoms with Gasteiger partial charge in [-0.3, -0.25) is 14.4 Å². The average Bonchev–Trinajstić information content (AvgIpc) is 2.57. The number of rotatable bonds is 5. The van der Waals surface area contributed by atoms with E-state index >= 15 is 0 Å². The van der Waals surface area contributed by atoms with Gasteiger partial charge in [-0.15, -0.1) is 0 Å². The molecule has 3 amide bonds. The number of carbonyl (C=O) groups is 3. The normalized spacial score (nSPS) is 20.7. The van der Waals surface area contributed by atoms with Crippen molar-refractivity contribution in [1.82, 2.24) is 15.5 Å². The van der Waals surface area contributed by atoms with E-state index < -0.39 is 17.0 Å². The predicted molar refractivity (Wildman–Crippen MR) is 100 cm³/mol. The minimum atomic E-state index is -0.950. The van der Waals surface area contributed by atoms with Crippen LogP contribution < -0.4 is 10.6 Å². The van der Waals surface area contributed by atoms with E-state index in [9.17, 15) is 14.4 Å². The Kier molecular flexibility index (Phi) is 5.74. The minimum absolute atomic E-state index is 0.0533. The molecule has 0 bridgehead atoms. The SMILES string of the molecule is CNC(=O)[C@H](C)NC(=O)[C@]1(Cc2ccccc2)CCN1C(=O)C(C)(C)C. The van der Waals surface area contributed by atoms with Crippen LogP contribution in [0.4, 0.5) is 0 Å². The Bertz CT molecular complexity index is 681. The van der Waals surface area contributed by atoms with E-state index in [2.05, 4.69) is 10.6 Å². The molecule has 0 unspecified atom stereocenters. The second-order valence-corrected chi connectivity index (χ2v) is 7.96. The summed E-state index contributed by atoms with van der Waals surface area (Å²) in [6, 6.07) is 9.01. The summed E-state index contributed by atoms with van der Waals surface area (Å²) in [5.41, 5.74) is -0.537. The molecule has 2 atom stereocenters. The first-order chi connectivity index (χ1) is 12.1. The van der Waals surface area contributed by atoms with E-state index in [-0.39, 0.29) is 17.7 Å². The van der Waals surface area contributed by atoms with Gasteiger partial charge in [0.2, 0.25) is 17.7 Å². The lowest BCUT2D eigenvalue weighted by atomic mass is 9.76. The standard InChI is InChI=1S/C20H29N3O3/c1-14(16(24)21-5)22-17(25)20(13-15-9-7-6-8-10-15)11-12-23(20)18(26)19(2,3)4/h6-10,14H,11-13H2,1-5H3,(H,21,24)(H,22,25)/t14-,20+/m0/s1. The van der Waals surface area contributed by atoms with Gasteiger partial charge in [-0.1, -0.05) is 51.1 Å². The molecule has 1 aromatic carbocycles. The predicted octanol–water partition coefficient (Wildman–Crippen LogP) is 1.50. The highest BCUT2D eigenvalue weighted by atomic mass is 16.2. The Labute approximate surface area is 155 Å². The molecule has 1 aromatic rings. The minimum Gasteiger partial charge on any atom is -0.357 e. The summed E-state index contributed by atoms with van der Waals surface area (Å²) in [4.78, 5) is 39.5. The molecule has 6 nitrogen and oxygen atoms in total. The van der Waals surface area contributed by atoms with Crippen molar-refractivity contribution in [2.24, 2.45) is 5.41 Å². The van der Waals surface area contributed by atoms with Gasteiger partial charge < -0.3 is 15.5 Å². The van der Waals surface area contributed by atoms with Crippen molar-refractivity contribution in [2.45, 2.75) is 52.1 Å². The number of nitrogens with one attached hydrogen (secondary N) is 2. The first kappa shape index (κ1) is 19.9. The van der Waals surface area contributed by atoms with Crippen molar-refractivity contribution in [3.63, 3.8) is 0 Å². The van der Waals surface area contributed by atoms with Crippen LogP contribution in [0.15, 0.2) is 30.3 Å². The number of likely N-dealkylation sites (tertiary alicyclic amines) is 1. The molecule has 2 rings (SSSR count). The van der Waals surface area contributed by atoms with E-state index in [0.29, 0.717) is 19.4 Å². The number of likely N-dealkylation sites (N-methyl/N-ethyl adjacent to an activating group) is 1. The Morgan fingerprint density at radius 2 is 1.81 bits per heavy atom. The van der Waals surface area contributed by atoms with Crippen LogP contribution in [0.25, 0.3) is 0 Å². The van der Waals surface area contributed by atoms with Crippen molar-refractivity contribution in [3.8, 4) is 0 Å². The lowest BCUT2D eigenvalue weighted by Gasteiger charge is -2.53. The van der Waals surface area contributed by atoms with E-state index in [1.54, 1.807) is 11.8 Å². The monoisotopic (exact) mass is 359 g/mol. The lowest BCUT2D eigenvalue weighted by Crippen LogP contribution is -2.72. The van der Waals surface area contributed by atoms with Crippen molar-refractivity contribution < 1.29 is 14.4 Å². The maximum Gasteiger partial charge on any atom is 0.247 e. The zero-order valence-electron chi connectivity index (χ0n) is 16.3. The maximum atomic E-state index is 13.1. The van der Waals surface area contributed by atoms with Crippen LogP contribution in [0.1, 0.15) is 39.7 Å².